The van der Waals surface area contributed by atoms with E-state index in [2.05, 4.69) is 10.3 Å². The molecule has 0 aromatic heterocycles. The van der Waals surface area contributed by atoms with Crippen LogP contribution in [0, 0.1) is 33.5 Å². The molecular formula is C17H19FN2O3S. The minimum Gasteiger partial charge on any atom is -0.273 e. The van der Waals surface area contributed by atoms with Crippen molar-refractivity contribution in [3.63, 3.8) is 0 Å². The molecule has 0 fully saturated rings. The summed E-state index contributed by atoms with van der Waals surface area (Å²) in [4.78, 5) is 14.2. The van der Waals surface area contributed by atoms with Gasteiger partial charge in [-0.05, 0) is 74.2 Å². The van der Waals surface area contributed by atoms with Crippen LogP contribution in [0.15, 0.2) is 35.2 Å². The number of nitrogens with one attached hydrogen (secondary N) is 2. The first kappa shape index (κ1) is 18.1. The second-order valence-corrected chi connectivity index (χ2v) is 7.28. The van der Waals surface area contributed by atoms with Crippen molar-refractivity contribution in [2.24, 2.45) is 0 Å². The van der Waals surface area contributed by atoms with Gasteiger partial charge >= 0.3 is 0 Å². The van der Waals surface area contributed by atoms with E-state index in [9.17, 15) is 17.6 Å². The van der Waals surface area contributed by atoms with E-state index in [4.69, 9.17) is 0 Å². The molecular weight excluding hydrogens is 331 g/mol. The van der Waals surface area contributed by atoms with Crippen molar-refractivity contribution in [1.29, 1.82) is 0 Å². The number of rotatable bonds is 4. The van der Waals surface area contributed by atoms with Gasteiger partial charge in [0.1, 0.15) is 5.82 Å². The molecule has 24 heavy (non-hydrogen) atoms. The fourth-order valence-corrected chi connectivity index (χ4v) is 3.88. The van der Waals surface area contributed by atoms with Gasteiger partial charge in [0.05, 0.1) is 4.90 Å². The van der Waals surface area contributed by atoms with Crippen molar-refractivity contribution >= 4 is 15.9 Å². The lowest BCUT2D eigenvalue weighted by Crippen LogP contribution is -2.42. The van der Waals surface area contributed by atoms with Crippen molar-refractivity contribution in [2.45, 2.75) is 32.6 Å². The molecule has 0 saturated carbocycles. The third-order valence-corrected chi connectivity index (χ3v) is 5.49. The zero-order valence-electron chi connectivity index (χ0n) is 13.9. The van der Waals surface area contributed by atoms with Gasteiger partial charge in [0.15, 0.2) is 0 Å². The Labute approximate surface area is 140 Å². The summed E-state index contributed by atoms with van der Waals surface area (Å²) in [6.45, 7) is 7.10. The van der Waals surface area contributed by atoms with E-state index in [1.54, 1.807) is 13.8 Å². The fraction of sp³-hybridized carbons (Fsp3) is 0.235. The zero-order valence-corrected chi connectivity index (χ0v) is 14.7. The second-order valence-electron chi connectivity index (χ2n) is 5.66. The van der Waals surface area contributed by atoms with Gasteiger partial charge < -0.3 is 0 Å². The molecule has 5 nitrogen and oxygen atoms in total. The molecule has 0 atom stereocenters. The van der Waals surface area contributed by atoms with Gasteiger partial charge in [0, 0.05) is 5.56 Å². The first-order chi connectivity index (χ1) is 11.1. The summed E-state index contributed by atoms with van der Waals surface area (Å²) >= 11 is 0. The van der Waals surface area contributed by atoms with Crippen molar-refractivity contribution < 1.29 is 17.6 Å². The van der Waals surface area contributed by atoms with E-state index in [1.807, 2.05) is 19.9 Å². The number of hydrogen-bond donors (Lipinski definition) is 2. The molecule has 7 heteroatoms. The Morgan fingerprint density at radius 3 is 1.96 bits per heavy atom. The van der Waals surface area contributed by atoms with Crippen molar-refractivity contribution in [3.8, 4) is 0 Å². The van der Waals surface area contributed by atoms with Crippen LogP contribution in [0.3, 0.4) is 0 Å². The lowest BCUT2D eigenvalue weighted by Gasteiger charge is -2.16. The average molecular weight is 350 g/mol. The predicted molar refractivity (Wildman–Crippen MR) is 89.6 cm³/mol. The molecule has 1 amide bonds. The Morgan fingerprint density at radius 1 is 0.958 bits per heavy atom. The standard InChI is InChI=1S/C17H19FN2O3S/c1-10-9-11(2)13(4)16(12(10)3)24(22,23)20-19-17(21)14-5-7-15(18)8-6-14/h5-9,20H,1-4H3,(H,19,21). The van der Waals surface area contributed by atoms with Gasteiger partial charge in [-0.1, -0.05) is 6.07 Å². The molecule has 128 valence electrons. The van der Waals surface area contributed by atoms with Crippen LogP contribution >= 0.6 is 0 Å². The number of carbonyl (C=O) groups excluding carboxylic acids is 1. The molecule has 0 aliphatic carbocycles. The summed E-state index contributed by atoms with van der Waals surface area (Å²) in [5, 5.41) is 0. The Balaban J connectivity index is 2.27. The summed E-state index contributed by atoms with van der Waals surface area (Å²) in [6, 6.07) is 6.71. The molecule has 0 spiro atoms. The summed E-state index contributed by atoms with van der Waals surface area (Å²) in [6.07, 6.45) is 0. The highest BCUT2D eigenvalue weighted by Gasteiger charge is 2.22. The van der Waals surface area contributed by atoms with Gasteiger partial charge in [-0.15, -0.1) is 4.83 Å². The number of hydrogen-bond acceptors (Lipinski definition) is 3. The van der Waals surface area contributed by atoms with Crippen LogP contribution in [0.1, 0.15) is 32.6 Å². The normalized spacial score (nSPS) is 11.4. The highest BCUT2D eigenvalue weighted by Crippen LogP contribution is 2.25. The van der Waals surface area contributed by atoms with Gasteiger partial charge in [0.2, 0.25) is 0 Å². The van der Waals surface area contributed by atoms with Crippen LogP contribution in [0.2, 0.25) is 0 Å². The highest BCUT2D eigenvalue weighted by molar-refractivity contribution is 7.89. The maximum atomic E-state index is 12.9. The molecule has 0 unspecified atom stereocenters. The van der Waals surface area contributed by atoms with Gasteiger partial charge in [0.25, 0.3) is 15.9 Å². The number of carbonyl (C=O) groups is 1. The molecule has 2 rings (SSSR count). The SMILES string of the molecule is Cc1cc(C)c(C)c(S(=O)(=O)NNC(=O)c2ccc(F)cc2)c1C. The van der Waals surface area contributed by atoms with E-state index in [1.165, 1.54) is 12.1 Å². The van der Waals surface area contributed by atoms with Crippen LogP contribution in [-0.4, -0.2) is 14.3 Å². The van der Waals surface area contributed by atoms with Crippen LogP contribution in [0.25, 0.3) is 0 Å². The molecule has 0 radical (unpaired) electrons. The quantitative estimate of drug-likeness (QED) is 0.833. The number of sulfonamides is 1. The molecule has 0 heterocycles. The maximum absolute atomic E-state index is 12.9. The van der Waals surface area contributed by atoms with E-state index >= 15 is 0 Å². The summed E-state index contributed by atoms with van der Waals surface area (Å²) in [7, 11) is -3.93. The number of aryl methyl sites for hydroxylation is 2. The van der Waals surface area contributed by atoms with Gasteiger partial charge in [-0.25, -0.2) is 12.8 Å². The largest absolute Gasteiger partial charge is 0.273 e. The molecule has 2 N–H and O–H groups in total. The molecule has 0 bridgehead atoms. The molecule has 0 saturated heterocycles. The van der Waals surface area contributed by atoms with E-state index < -0.39 is 21.7 Å². The maximum Gasteiger partial charge on any atom is 0.266 e. The first-order valence-corrected chi connectivity index (χ1v) is 8.77. The van der Waals surface area contributed by atoms with E-state index in [0.29, 0.717) is 11.1 Å². The number of halogens is 1. The summed E-state index contributed by atoms with van der Waals surface area (Å²) < 4.78 is 38.0. The Kier molecular flexibility index (Phi) is 5.05. The zero-order chi connectivity index (χ0) is 18.1. The van der Waals surface area contributed by atoms with Crippen LogP contribution in [-0.2, 0) is 10.0 Å². The second kappa shape index (κ2) is 6.70. The molecule has 2 aromatic rings. The lowest BCUT2D eigenvalue weighted by atomic mass is 10.0. The van der Waals surface area contributed by atoms with Crippen molar-refractivity contribution in [3.05, 3.63) is 64.0 Å². The van der Waals surface area contributed by atoms with Crippen LogP contribution < -0.4 is 10.3 Å². The van der Waals surface area contributed by atoms with Gasteiger partial charge in [-0.3, -0.25) is 10.2 Å². The smallest absolute Gasteiger partial charge is 0.266 e. The Bertz CT molecular complexity index is 865. The fourth-order valence-electron chi connectivity index (χ4n) is 2.42. The third kappa shape index (κ3) is 3.63. The number of amides is 1. The van der Waals surface area contributed by atoms with Gasteiger partial charge in [-0.2, -0.15) is 0 Å². The first-order valence-electron chi connectivity index (χ1n) is 7.28. The lowest BCUT2D eigenvalue weighted by molar-refractivity contribution is 0.0945. The average Bonchev–Trinajstić information content (AvgIpc) is 2.51. The Hall–Kier alpha value is -2.25. The number of benzene rings is 2. The summed E-state index contributed by atoms with van der Waals surface area (Å²) in [5.74, 6) is -1.15. The number of hydrazine groups is 1. The third-order valence-electron chi connectivity index (χ3n) is 3.97. The monoisotopic (exact) mass is 350 g/mol. The van der Waals surface area contributed by atoms with E-state index in [0.717, 1.165) is 23.3 Å². The highest BCUT2D eigenvalue weighted by atomic mass is 32.2. The minimum atomic E-state index is -3.93. The van der Waals surface area contributed by atoms with Crippen LogP contribution in [0.4, 0.5) is 4.39 Å². The molecule has 2 aromatic carbocycles. The summed E-state index contributed by atoms with van der Waals surface area (Å²) in [5.41, 5.74) is 5.25. The minimum absolute atomic E-state index is 0.146. The van der Waals surface area contributed by atoms with E-state index in [-0.39, 0.29) is 10.5 Å². The molecule has 0 aliphatic rings. The van der Waals surface area contributed by atoms with Crippen molar-refractivity contribution in [2.75, 3.05) is 0 Å². The molecule has 0 aliphatic heterocycles. The Morgan fingerprint density at radius 2 is 1.46 bits per heavy atom. The predicted octanol–water partition coefficient (Wildman–Crippen LogP) is 2.68. The topological polar surface area (TPSA) is 75.3 Å². The van der Waals surface area contributed by atoms with Crippen LogP contribution in [0.5, 0.6) is 0 Å². The van der Waals surface area contributed by atoms with Crippen molar-refractivity contribution in [1.82, 2.24) is 10.3 Å².